The van der Waals surface area contributed by atoms with Crippen LogP contribution < -0.4 is 4.74 Å². The summed E-state index contributed by atoms with van der Waals surface area (Å²) in [6.45, 7) is 7.52. The summed E-state index contributed by atoms with van der Waals surface area (Å²) in [5.41, 5.74) is 0.497. The Labute approximate surface area is 164 Å². The van der Waals surface area contributed by atoms with Crippen LogP contribution in [0.4, 0.5) is 8.78 Å². The van der Waals surface area contributed by atoms with Crippen molar-refractivity contribution in [1.82, 2.24) is 0 Å². The van der Waals surface area contributed by atoms with Crippen LogP contribution in [0.15, 0.2) is 24.3 Å². The van der Waals surface area contributed by atoms with E-state index in [1.807, 2.05) is 13.8 Å². The molecule has 2 rings (SSSR count). The summed E-state index contributed by atoms with van der Waals surface area (Å²) in [5, 5.41) is 0. The average Bonchev–Trinajstić information content (AvgIpc) is 2.52. The molecule has 0 amide bonds. The van der Waals surface area contributed by atoms with E-state index in [0.29, 0.717) is 11.5 Å². The van der Waals surface area contributed by atoms with Crippen LogP contribution in [0.2, 0.25) is 0 Å². The van der Waals surface area contributed by atoms with Crippen LogP contribution in [0, 0.1) is 24.5 Å². The van der Waals surface area contributed by atoms with E-state index in [4.69, 9.17) is 4.74 Å². The zero-order valence-electron chi connectivity index (χ0n) is 14.4. The SMILES string of the molecule is CC=CC1CCC(c2ccc(OC)c(F)c2F)CC1.[CH2-]CC.[Y]. The van der Waals surface area contributed by atoms with Gasteiger partial charge in [0.15, 0.2) is 11.6 Å². The first-order chi connectivity index (χ1) is 10.6. The van der Waals surface area contributed by atoms with E-state index in [-0.39, 0.29) is 44.4 Å². The van der Waals surface area contributed by atoms with Gasteiger partial charge in [-0.05, 0) is 56.1 Å². The first kappa shape index (κ1) is 22.7. The fraction of sp³-hybridized carbons (Fsp3) is 0.526. The molecule has 0 saturated heterocycles. The molecule has 1 aliphatic carbocycles. The van der Waals surface area contributed by atoms with E-state index < -0.39 is 11.6 Å². The quantitative estimate of drug-likeness (QED) is 0.445. The average molecular weight is 398 g/mol. The first-order valence-electron chi connectivity index (χ1n) is 8.02. The summed E-state index contributed by atoms with van der Waals surface area (Å²) in [6, 6.07) is 3.18. The second kappa shape index (κ2) is 12.1. The van der Waals surface area contributed by atoms with Gasteiger partial charge in [0, 0.05) is 32.7 Å². The van der Waals surface area contributed by atoms with E-state index in [0.717, 1.165) is 32.1 Å². The Bertz CT molecular complexity index is 481. The van der Waals surface area contributed by atoms with Crippen molar-refractivity contribution in [3.63, 3.8) is 0 Å². The predicted octanol–water partition coefficient (Wildman–Crippen LogP) is 6.05. The van der Waals surface area contributed by atoms with Crippen LogP contribution in [-0.2, 0) is 32.7 Å². The third kappa shape index (κ3) is 6.62. The van der Waals surface area contributed by atoms with E-state index in [1.165, 1.54) is 13.2 Å². The van der Waals surface area contributed by atoms with Crippen molar-refractivity contribution in [2.45, 2.75) is 51.9 Å². The van der Waals surface area contributed by atoms with Gasteiger partial charge in [0.1, 0.15) is 0 Å². The Kier molecular flexibility index (Phi) is 12.0. The maximum absolute atomic E-state index is 14.0. The molecule has 1 aromatic rings. The maximum Gasteiger partial charge on any atom is 0.200 e. The number of methoxy groups -OCH3 is 1. The van der Waals surface area contributed by atoms with E-state index in [9.17, 15) is 8.78 Å². The molecular formula is C19H27F2OY-. The molecule has 1 saturated carbocycles. The first-order valence-corrected chi connectivity index (χ1v) is 8.02. The van der Waals surface area contributed by atoms with Crippen molar-refractivity contribution >= 4 is 0 Å². The number of hydrogen-bond donors (Lipinski definition) is 0. The number of benzene rings is 1. The molecule has 127 valence electrons. The van der Waals surface area contributed by atoms with Crippen molar-refractivity contribution in [3.05, 3.63) is 48.4 Å². The normalized spacial score (nSPS) is 20.4. The summed E-state index contributed by atoms with van der Waals surface area (Å²) >= 11 is 0. The van der Waals surface area contributed by atoms with Gasteiger partial charge in [-0.2, -0.15) is 10.8 Å². The van der Waals surface area contributed by atoms with Crippen LogP contribution in [-0.4, -0.2) is 7.11 Å². The van der Waals surface area contributed by atoms with E-state index in [2.05, 4.69) is 19.1 Å². The second-order valence-corrected chi connectivity index (χ2v) is 5.62. The number of hydrogen-bond acceptors (Lipinski definition) is 1. The number of ether oxygens (including phenoxy) is 1. The number of rotatable bonds is 3. The second-order valence-electron chi connectivity index (χ2n) is 5.62. The van der Waals surface area contributed by atoms with Crippen LogP contribution in [0.5, 0.6) is 5.75 Å². The molecule has 0 aromatic heterocycles. The Hall–Kier alpha value is -0.276. The Morgan fingerprint density at radius 2 is 1.74 bits per heavy atom. The van der Waals surface area contributed by atoms with Crippen LogP contribution >= 0.6 is 0 Å². The van der Waals surface area contributed by atoms with Gasteiger partial charge < -0.3 is 11.7 Å². The molecular weight excluding hydrogens is 371 g/mol. The summed E-state index contributed by atoms with van der Waals surface area (Å²) in [4.78, 5) is 0. The van der Waals surface area contributed by atoms with Gasteiger partial charge in [0.2, 0.25) is 5.82 Å². The fourth-order valence-electron chi connectivity index (χ4n) is 2.91. The van der Waals surface area contributed by atoms with Crippen LogP contribution in [0.3, 0.4) is 0 Å². The minimum absolute atomic E-state index is 0. The van der Waals surface area contributed by atoms with Crippen molar-refractivity contribution < 1.29 is 46.2 Å². The molecule has 1 aromatic carbocycles. The molecule has 0 spiro atoms. The molecule has 0 aliphatic heterocycles. The Morgan fingerprint density at radius 1 is 1.17 bits per heavy atom. The van der Waals surface area contributed by atoms with Crippen molar-refractivity contribution in [1.29, 1.82) is 0 Å². The molecule has 1 fully saturated rings. The van der Waals surface area contributed by atoms with E-state index in [1.54, 1.807) is 6.07 Å². The zero-order valence-corrected chi connectivity index (χ0v) is 17.3. The third-order valence-corrected chi connectivity index (χ3v) is 3.97. The van der Waals surface area contributed by atoms with Gasteiger partial charge in [-0.1, -0.05) is 25.1 Å². The minimum Gasteiger partial charge on any atom is -0.494 e. The van der Waals surface area contributed by atoms with Gasteiger partial charge in [-0.3, -0.25) is 0 Å². The molecule has 4 heteroatoms. The molecule has 23 heavy (non-hydrogen) atoms. The van der Waals surface area contributed by atoms with Gasteiger partial charge in [-0.25, -0.2) is 4.39 Å². The number of halogens is 2. The molecule has 0 heterocycles. The molecule has 1 aliphatic rings. The number of allylic oxidation sites excluding steroid dienone is 2. The van der Waals surface area contributed by atoms with Crippen LogP contribution in [0.25, 0.3) is 0 Å². The van der Waals surface area contributed by atoms with Crippen molar-refractivity contribution in [2.75, 3.05) is 7.11 Å². The fourth-order valence-corrected chi connectivity index (χ4v) is 2.91. The van der Waals surface area contributed by atoms with Gasteiger partial charge in [0.05, 0.1) is 7.11 Å². The standard InChI is InChI=1S/C16H20F2O.C3H7.Y/c1-3-4-11-5-7-12(8-6-11)13-9-10-14(19-2)16(18)15(13)17;1-3-2;/h3-4,9-12H,5-8H2,1-2H3;1,3H2,2H3;/q;-1;. The molecule has 1 radical (unpaired) electrons. The summed E-state index contributed by atoms with van der Waals surface area (Å²) in [6.07, 6.45) is 9.19. The smallest absolute Gasteiger partial charge is 0.200 e. The molecule has 0 atom stereocenters. The van der Waals surface area contributed by atoms with Crippen molar-refractivity contribution in [3.8, 4) is 5.75 Å². The van der Waals surface area contributed by atoms with Gasteiger partial charge >= 0.3 is 0 Å². The molecule has 0 bridgehead atoms. The zero-order chi connectivity index (χ0) is 16.5. The van der Waals surface area contributed by atoms with Gasteiger partial charge in [-0.15, -0.1) is 0 Å². The topological polar surface area (TPSA) is 9.23 Å². The van der Waals surface area contributed by atoms with Crippen LogP contribution in [0.1, 0.15) is 57.4 Å². The Morgan fingerprint density at radius 3 is 2.22 bits per heavy atom. The van der Waals surface area contributed by atoms with E-state index >= 15 is 0 Å². The summed E-state index contributed by atoms with van der Waals surface area (Å²) in [5.74, 6) is -0.914. The van der Waals surface area contributed by atoms with Crippen molar-refractivity contribution in [2.24, 2.45) is 5.92 Å². The predicted molar refractivity (Wildman–Crippen MR) is 88.1 cm³/mol. The largest absolute Gasteiger partial charge is 0.494 e. The molecule has 1 nitrogen and oxygen atoms in total. The molecule has 0 N–H and O–H groups in total. The monoisotopic (exact) mass is 398 g/mol. The summed E-state index contributed by atoms with van der Waals surface area (Å²) in [7, 11) is 1.35. The Balaban J connectivity index is 0.00000112. The third-order valence-electron chi connectivity index (χ3n) is 3.97. The summed E-state index contributed by atoms with van der Waals surface area (Å²) < 4.78 is 32.5. The maximum atomic E-state index is 14.0. The van der Waals surface area contributed by atoms with Gasteiger partial charge in [0.25, 0.3) is 0 Å². The molecule has 0 unspecified atom stereocenters. The minimum atomic E-state index is -0.865.